The van der Waals surface area contributed by atoms with Gasteiger partial charge in [-0.3, -0.25) is 4.79 Å². The molecular weight excluding hydrogens is 458 g/mol. The van der Waals surface area contributed by atoms with Crippen LogP contribution in [0.3, 0.4) is 0 Å². The van der Waals surface area contributed by atoms with Crippen molar-refractivity contribution in [2.45, 2.75) is 44.8 Å². The average molecular weight is 498 g/mol. The number of nitrogens with one attached hydrogen (secondary N) is 2. The van der Waals surface area contributed by atoms with Crippen LogP contribution >= 0.6 is 0 Å². The fourth-order valence-electron chi connectivity index (χ4n) is 4.49. The Balaban J connectivity index is 1.56. The number of primary amides is 1. The summed E-state index contributed by atoms with van der Waals surface area (Å²) in [6.07, 6.45) is 1.25. The molecule has 1 atom stereocenters. The molecule has 0 spiro atoms. The third-order valence-corrected chi connectivity index (χ3v) is 6.50. The number of carbonyl (C=O) groups is 2. The average Bonchev–Trinajstić information content (AvgIpc) is 3.03. The van der Waals surface area contributed by atoms with E-state index in [1.54, 1.807) is 6.07 Å². The summed E-state index contributed by atoms with van der Waals surface area (Å²) in [6, 6.07) is 11.8. The summed E-state index contributed by atoms with van der Waals surface area (Å²) < 4.78 is 0. The molecule has 0 saturated carbocycles. The second-order valence-electron chi connectivity index (χ2n) is 10.3. The summed E-state index contributed by atoms with van der Waals surface area (Å²) in [7, 11) is 2.09. The maximum Gasteiger partial charge on any atom is 0.316 e. The van der Waals surface area contributed by atoms with Gasteiger partial charge in [-0.1, -0.05) is 30.3 Å². The molecule has 0 radical (unpaired) electrons. The highest BCUT2D eigenvalue weighted by molar-refractivity contribution is 5.89. The molecule has 36 heavy (non-hydrogen) atoms. The molecule has 0 aliphatic carbocycles. The number of carbonyl (C=O) groups excluding carboxylic acids is 2. The van der Waals surface area contributed by atoms with Crippen LogP contribution in [0.25, 0.3) is 0 Å². The Hall–Kier alpha value is -3.14. The Morgan fingerprint density at radius 1 is 1.08 bits per heavy atom. The number of hydrogen-bond donors (Lipinski definition) is 5. The van der Waals surface area contributed by atoms with E-state index in [1.165, 1.54) is 12.1 Å². The van der Waals surface area contributed by atoms with Gasteiger partial charge >= 0.3 is 6.03 Å². The zero-order valence-corrected chi connectivity index (χ0v) is 21.5. The number of likely N-dealkylation sites (N-methyl/N-ethyl adjacent to an activating group) is 1. The first-order valence-corrected chi connectivity index (χ1v) is 12.4. The number of amides is 3. The van der Waals surface area contributed by atoms with Gasteiger partial charge in [-0.05, 0) is 69.1 Å². The summed E-state index contributed by atoms with van der Waals surface area (Å²) >= 11 is 0. The molecule has 1 heterocycles. The number of nitrogens with two attached hydrogens (primary N) is 1. The van der Waals surface area contributed by atoms with Gasteiger partial charge < -0.3 is 36.4 Å². The third-order valence-electron chi connectivity index (χ3n) is 6.50. The minimum Gasteiger partial charge on any atom is -0.506 e. The lowest BCUT2D eigenvalue weighted by molar-refractivity contribution is -0.130. The molecule has 9 heteroatoms. The number of phenols is 1. The van der Waals surface area contributed by atoms with Gasteiger partial charge in [0.25, 0.3) is 0 Å². The van der Waals surface area contributed by atoms with Gasteiger partial charge in [0.2, 0.25) is 5.91 Å². The van der Waals surface area contributed by atoms with Crippen molar-refractivity contribution in [1.29, 1.82) is 0 Å². The van der Waals surface area contributed by atoms with E-state index in [1.807, 2.05) is 17.0 Å². The Morgan fingerprint density at radius 3 is 2.58 bits per heavy atom. The Labute approximate surface area is 213 Å². The molecule has 3 amide bonds. The second kappa shape index (κ2) is 12.2. The highest BCUT2D eigenvalue weighted by atomic mass is 16.3. The molecule has 1 saturated heterocycles. The summed E-state index contributed by atoms with van der Waals surface area (Å²) in [5.41, 5.74) is 7.61. The first-order valence-electron chi connectivity index (χ1n) is 12.4. The fourth-order valence-corrected chi connectivity index (χ4v) is 4.49. The highest BCUT2D eigenvalue weighted by Gasteiger charge is 2.22. The van der Waals surface area contributed by atoms with Gasteiger partial charge in [-0.2, -0.15) is 0 Å². The first kappa shape index (κ1) is 27.4. The molecular formula is C27H39N5O4. The van der Waals surface area contributed by atoms with Crippen LogP contribution in [0.2, 0.25) is 0 Å². The molecule has 6 N–H and O–H groups in total. The van der Waals surface area contributed by atoms with Crippen molar-refractivity contribution in [2.24, 2.45) is 5.73 Å². The van der Waals surface area contributed by atoms with Crippen LogP contribution in [0, 0.1) is 0 Å². The maximum absolute atomic E-state index is 12.9. The Kier molecular flexibility index (Phi) is 9.31. The second-order valence-corrected chi connectivity index (χ2v) is 10.3. The van der Waals surface area contributed by atoms with Crippen molar-refractivity contribution in [1.82, 2.24) is 15.1 Å². The minimum absolute atomic E-state index is 0.125. The number of anilines is 1. The van der Waals surface area contributed by atoms with Gasteiger partial charge in [-0.15, -0.1) is 0 Å². The fraction of sp³-hybridized carbons (Fsp3) is 0.481. The van der Waals surface area contributed by atoms with Crippen LogP contribution < -0.4 is 16.4 Å². The van der Waals surface area contributed by atoms with Gasteiger partial charge in [0, 0.05) is 31.7 Å². The maximum atomic E-state index is 12.9. The van der Waals surface area contributed by atoms with Crippen LogP contribution in [0.1, 0.15) is 43.1 Å². The summed E-state index contributed by atoms with van der Waals surface area (Å²) in [6.45, 7) is 7.90. The number of urea groups is 1. The number of aliphatic hydroxyl groups excluding tert-OH is 1. The van der Waals surface area contributed by atoms with E-state index < -0.39 is 12.1 Å². The van der Waals surface area contributed by atoms with E-state index in [0.717, 1.165) is 43.7 Å². The summed E-state index contributed by atoms with van der Waals surface area (Å²) in [4.78, 5) is 28.2. The van der Waals surface area contributed by atoms with Crippen LogP contribution in [0.15, 0.2) is 42.5 Å². The number of aromatic hydroxyl groups is 1. The smallest absolute Gasteiger partial charge is 0.316 e. The third kappa shape index (κ3) is 8.22. The number of nitrogens with zero attached hydrogens (tertiary/aromatic N) is 2. The monoisotopic (exact) mass is 497 g/mol. The molecule has 9 nitrogen and oxygen atoms in total. The predicted molar refractivity (Wildman–Crippen MR) is 141 cm³/mol. The van der Waals surface area contributed by atoms with Crippen molar-refractivity contribution >= 4 is 17.6 Å². The molecule has 2 aromatic rings. The normalized spacial score (nSPS) is 15.8. The van der Waals surface area contributed by atoms with Crippen molar-refractivity contribution in [3.8, 4) is 5.75 Å². The van der Waals surface area contributed by atoms with E-state index in [-0.39, 0.29) is 29.4 Å². The minimum atomic E-state index is -0.852. The molecule has 2 aromatic carbocycles. The van der Waals surface area contributed by atoms with Gasteiger partial charge in [-0.25, -0.2) is 4.79 Å². The lowest BCUT2D eigenvalue weighted by atomic mass is 9.93. The van der Waals surface area contributed by atoms with Crippen LogP contribution in [0.5, 0.6) is 5.75 Å². The van der Waals surface area contributed by atoms with Gasteiger partial charge in [0.1, 0.15) is 5.75 Å². The van der Waals surface area contributed by atoms with Crippen LogP contribution in [0.4, 0.5) is 10.5 Å². The number of hydrogen-bond acceptors (Lipinski definition) is 6. The number of aliphatic hydroxyl groups is 1. The standard InChI is InChI=1S/C27H39N5O4/c1-27(2,29-18-24(34)21-8-9-23(33)22(16-21)30-26(28)36)17-20-7-4-6-19(14-20)15-25(35)32-11-5-10-31(3)12-13-32/h4,6-9,14,16,24,29,33-34H,5,10-13,15,17-18H2,1-3H3,(H3,28,30,36). The van der Waals surface area contributed by atoms with E-state index in [2.05, 4.69) is 48.6 Å². The van der Waals surface area contributed by atoms with Crippen molar-refractivity contribution in [2.75, 3.05) is 45.1 Å². The number of rotatable bonds is 9. The molecule has 1 unspecified atom stereocenters. The lowest BCUT2D eigenvalue weighted by Gasteiger charge is -2.28. The van der Waals surface area contributed by atoms with E-state index in [9.17, 15) is 19.8 Å². The molecule has 1 fully saturated rings. The van der Waals surface area contributed by atoms with Crippen LogP contribution in [-0.4, -0.2) is 77.3 Å². The number of benzene rings is 2. The van der Waals surface area contributed by atoms with Crippen molar-refractivity contribution in [3.05, 3.63) is 59.2 Å². The lowest BCUT2D eigenvalue weighted by Crippen LogP contribution is -2.43. The topological polar surface area (TPSA) is 131 Å². The Bertz CT molecular complexity index is 1060. The zero-order valence-electron chi connectivity index (χ0n) is 21.5. The SMILES string of the molecule is CN1CCCN(C(=O)Cc2cccc(CC(C)(C)NCC(O)c3ccc(O)c(NC(N)=O)c3)c2)CC1. The predicted octanol–water partition coefficient (Wildman–Crippen LogP) is 2.23. The van der Waals surface area contributed by atoms with E-state index >= 15 is 0 Å². The number of phenolic OH excluding ortho intramolecular Hbond substituents is 1. The molecule has 3 rings (SSSR count). The van der Waals surface area contributed by atoms with Crippen molar-refractivity contribution < 1.29 is 19.8 Å². The summed E-state index contributed by atoms with van der Waals surface area (Å²) in [5, 5.41) is 26.3. The Morgan fingerprint density at radius 2 is 1.83 bits per heavy atom. The quantitative estimate of drug-likeness (QED) is 0.338. The van der Waals surface area contributed by atoms with Gasteiger partial charge in [0.15, 0.2) is 0 Å². The largest absolute Gasteiger partial charge is 0.506 e. The van der Waals surface area contributed by atoms with Gasteiger partial charge in [0.05, 0.1) is 18.2 Å². The van der Waals surface area contributed by atoms with E-state index in [0.29, 0.717) is 18.4 Å². The van der Waals surface area contributed by atoms with E-state index in [4.69, 9.17) is 5.73 Å². The molecule has 196 valence electrons. The molecule has 0 bridgehead atoms. The number of β-amino-alcohol motifs (C(OH)–C–C–N with tert-alkyl or cyclic N) is 1. The molecule has 0 aromatic heterocycles. The summed E-state index contributed by atoms with van der Waals surface area (Å²) in [5.74, 6) is 0.0432. The highest BCUT2D eigenvalue weighted by Crippen LogP contribution is 2.27. The molecule has 1 aliphatic rings. The molecule has 1 aliphatic heterocycles. The van der Waals surface area contributed by atoms with Crippen LogP contribution in [-0.2, 0) is 17.6 Å². The van der Waals surface area contributed by atoms with Crippen molar-refractivity contribution in [3.63, 3.8) is 0 Å². The zero-order chi connectivity index (χ0) is 26.3. The first-order chi connectivity index (χ1) is 17.0.